The lowest BCUT2D eigenvalue weighted by atomic mass is 10.1. The Morgan fingerprint density at radius 1 is 1.41 bits per heavy atom. The molecule has 1 amide bonds. The number of β-amino-alcohol motifs (C(OH)–C–C–N with tert-alkyl or cyclic N) is 1. The molecule has 17 heavy (non-hydrogen) atoms. The van der Waals surface area contributed by atoms with Crippen LogP contribution in [0.1, 0.15) is 18.0 Å². The van der Waals surface area contributed by atoms with E-state index in [1.165, 1.54) is 12.1 Å². The molecule has 0 unspecified atom stereocenters. The highest BCUT2D eigenvalue weighted by atomic mass is 16.3. The van der Waals surface area contributed by atoms with Crippen LogP contribution < -0.4 is 5.73 Å². The van der Waals surface area contributed by atoms with Crippen LogP contribution in [0.25, 0.3) is 0 Å². The van der Waals surface area contributed by atoms with Gasteiger partial charge in [-0.05, 0) is 24.1 Å². The maximum Gasteiger partial charge on any atom is 0.244 e. The summed E-state index contributed by atoms with van der Waals surface area (Å²) in [5.41, 5.74) is 6.52. The summed E-state index contributed by atoms with van der Waals surface area (Å²) in [7, 11) is 0. The average molecular weight is 236 g/mol. The molecule has 5 heteroatoms. The number of hydrogen-bond donors (Lipinski definition) is 3. The molecule has 0 aliphatic carbocycles. The van der Waals surface area contributed by atoms with E-state index in [9.17, 15) is 9.90 Å². The Morgan fingerprint density at radius 3 is 2.59 bits per heavy atom. The van der Waals surface area contributed by atoms with Gasteiger partial charge >= 0.3 is 0 Å². The molecule has 0 saturated carbocycles. The van der Waals surface area contributed by atoms with Gasteiger partial charge in [-0.3, -0.25) is 4.79 Å². The number of carbonyl (C=O) groups excluding carboxylic acids is 1. The Bertz CT molecular complexity index is 405. The zero-order valence-corrected chi connectivity index (χ0v) is 9.41. The zero-order valence-electron chi connectivity index (χ0n) is 9.41. The summed E-state index contributed by atoms with van der Waals surface area (Å²) in [5, 5.41) is 18.5. The quantitative estimate of drug-likeness (QED) is 0.673. The molecule has 1 saturated heterocycles. The topological polar surface area (TPSA) is 86.8 Å². The second kappa shape index (κ2) is 4.73. The number of benzene rings is 1. The number of hydrogen-bond acceptors (Lipinski definition) is 4. The van der Waals surface area contributed by atoms with Crippen molar-refractivity contribution in [2.24, 2.45) is 5.73 Å². The van der Waals surface area contributed by atoms with Crippen LogP contribution >= 0.6 is 0 Å². The van der Waals surface area contributed by atoms with Crippen molar-refractivity contribution in [3.63, 3.8) is 0 Å². The van der Waals surface area contributed by atoms with E-state index in [2.05, 4.69) is 0 Å². The van der Waals surface area contributed by atoms with Gasteiger partial charge < -0.3 is 20.8 Å². The van der Waals surface area contributed by atoms with Crippen molar-refractivity contribution in [1.29, 1.82) is 0 Å². The van der Waals surface area contributed by atoms with E-state index in [0.29, 0.717) is 25.1 Å². The number of carbonyl (C=O) groups is 1. The molecule has 92 valence electrons. The van der Waals surface area contributed by atoms with Gasteiger partial charge in [0.15, 0.2) is 0 Å². The van der Waals surface area contributed by atoms with Crippen molar-refractivity contribution in [3.05, 3.63) is 29.8 Å². The molecule has 5 nitrogen and oxygen atoms in total. The van der Waals surface area contributed by atoms with Crippen LogP contribution in [-0.2, 0) is 4.79 Å². The number of aliphatic hydroxyl groups is 1. The Hall–Kier alpha value is -1.59. The minimum Gasteiger partial charge on any atom is -0.508 e. The maximum atomic E-state index is 12.0. The first-order chi connectivity index (χ1) is 8.08. The van der Waals surface area contributed by atoms with Crippen LogP contribution in [0.3, 0.4) is 0 Å². The summed E-state index contributed by atoms with van der Waals surface area (Å²) >= 11 is 0. The molecule has 0 spiro atoms. The lowest BCUT2D eigenvalue weighted by molar-refractivity contribution is -0.132. The van der Waals surface area contributed by atoms with Crippen LogP contribution in [0.15, 0.2) is 24.3 Å². The summed E-state index contributed by atoms with van der Waals surface area (Å²) < 4.78 is 0. The number of nitrogens with two attached hydrogens (primary N) is 1. The van der Waals surface area contributed by atoms with Crippen molar-refractivity contribution in [2.45, 2.75) is 18.6 Å². The molecule has 1 aromatic carbocycles. The third-order valence-corrected chi connectivity index (χ3v) is 2.99. The van der Waals surface area contributed by atoms with Crippen LogP contribution in [0.5, 0.6) is 5.75 Å². The van der Waals surface area contributed by atoms with Crippen LogP contribution in [0, 0.1) is 0 Å². The minimum atomic E-state index is -0.735. The lowest BCUT2D eigenvalue weighted by Crippen LogP contribution is -2.37. The van der Waals surface area contributed by atoms with E-state index in [0.717, 1.165) is 0 Å². The van der Waals surface area contributed by atoms with Crippen molar-refractivity contribution >= 4 is 5.91 Å². The number of nitrogens with zero attached hydrogens (tertiary/aromatic N) is 1. The largest absolute Gasteiger partial charge is 0.508 e. The van der Waals surface area contributed by atoms with Crippen molar-refractivity contribution in [3.8, 4) is 5.75 Å². The first kappa shape index (κ1) is 11.9. The van der Waals surface area contributed by atoms with E-state index >= 15 is 0 Å². The fourth-order valence-electron chi connectivity index (χ4n) is 1.96. The minimum absolute atomic E-state index is 0.144. The first-order valence-corrected chi connectivity index (χ1v) is 5.59. The highest BCUT2D eigenvalue weighted by Crippen LogP contribution is 2.19. The number of phenols is 1. The Morgan fingerprint density at radius 2 is 2.06 bits per heavy atom. The molecule has 4 N–H and O–H groups in total. The van der Waals surface area contributed by atoms with Gasteiger partial charge in [-0.15, -0.1) is 0 Å². The van der Waals surface area contributed by atoms with Crippen molar-refractivity contribution < 1.29 is 15.0 Å². The van der Waals surface area contributed by atoms with Gasteiger partial charge in [0.2, 0.25) is 5.91 Å². The zero-order chi connectivity index (χ0) is 12.4. The van der Waals surface area contributed by atoms with E-state index in [1.807, 2.05) is 0 Å². The molecule has 1 aliphatic heterocycles. The Labute approximate surface area is 99.5 Å². The number of aliphatic hydroxyl groups excluding tert-OH is 1. The molecule has 0 radical (unpaired) electrons. The van der Waals surface area contributed by atoms with Crippen molar-refractivity contribution in [1.82, 2.24) is 4.90 Å². The second-order valence-corrected chi connectivity index (χ2v) is 4.30. The standard InChI is InChI=1S/C12H16N2O3/c13-11(8-1-3-9(15)4-2-8)12(17)14-6-5-10(16)7-14/h1-4,10-11,15-16H,5-7,13H2/t10-,11-/m0/s1. The van der Waals surface area contributed by atoms with Crippen molar-refractivity contribution in [2.75, 3.05) is 13.1 Å². The summed E-state index contributed by atoms with van der Waals surface area (Å²) in [5.74, 6) is -0.0442. The van der Waals surface area contributed by atoms with Gasteiger partial charge in [0.1, 0.15) is 11.8 Å². The van der Waals surface area contributed by atoms with E-state index < -0.39 is 12.1 Å². The van der Waals surface area contributed by atoms with E-state index in [-0.39, 0.29) is 11.7 Å². The summed E-state index contributed by atoms with van der Waals surface area (Å²) in [6.07, 6.45) is 0.166. The summed E-state index contributed by atoms with van der Waals surface area (Å²) in [6.45, 7) is 0.899. The molecule has 0 aromatic heterocycles. The van der Waals surface area contributed by atoms with E-state index in [1.54, 1.807) is 17.0 Å². The van der Waals surface area contributed by atoms with Gasteiger partial charge in [-0.1, -0.05) is 12.1 Å². The monoisotopic (exact) mass is 236 g/mol. The Kier molecular flexibility index (Phi) is 3.31. The number of likely N-dealkylation sites (tertiary alicyclic amines) is 1. The maximum absolute atomic E-state index is 12.0. The first-order valence-electron chi connectivity index (χ1n) is 5.59. The molecule has 2 rings (SSSR count). The van der Waals surface area contributed by atoms with Gasteiger partial charge in [-0.25, -0.2) is 0 Å². The molecule has 1 heterocycles. The van der Waals surface area contributed by atoms with Gasteiger partial charge in [0, 0.05) is 13.1 Å². The summed E-state index contributed by atoms with van der Waals surface area (Å²) in [6, 6.07) is 5.53. The predicted octanol–water partition coefficient (Wildman–Crippen LogP) is -0.0148. The van der Waals surface area contributed by atoms with Crippen LogP contribution in [-0.4, -0.2) is 40.2 Å². The molecule has 1 aromatic rings. The molecule has 1 fully saturated rings. The van der Waals surface area contributed by atoms with Gasteiger partial charge in [-0.2, -0.15) is 0 Å². The summed E-state index contributed by atoms with van der Waals surface area (Å²) in [4.78, 5) is 13.6. The highest BCUT2D eigenvalue weighted by molar-refractivity contribution is 5.83. The molecule has 2 atom stereocenters. The Balaban J connectivity index is 2.06. The average Bonchev–Trinajstić information content (AvgIpc) is 2.75. The third-order valence-electron chi connectivity index (χ3n) is 2.99. The fourth-order valence-corrected chi connectivity index (χ4v) is 1.96. The van der Waals surface area contributed by atoms with Gasteiger partial charge in [0.05, 0.1) is 6.10 Å². The predicted molar refractivity (Wildman–Crippen MR) is 62.2 cm³/mol. The number of amides is 1. The second-order valence-electron chi connectivity index (χ2n) is 4.30. The number of phenolic OH excluding ortho intramolecular Hbond substituents is 1. The number of aromatic hydroxyl groups is 1. The molecular weight excluding hydrogens is 220 g/mol. The third kappa shape index (κ3) is 2.57. The van der Waals surface area contributed by atoms with Crippen LogP contribution in [0.4, 0.5) is 0 Å². The van der Waals surface area contributed by atoms with Crippen LogP contribution in [0.2, 0.25) is 0 Å². The normalized spacial score (nSPS) is 21.5. The lowest BCUT2D eigenvalue weighted by Gasteiger charge is -2.20. The molecule has 0 bridgehead atoms. The smallest absolute Gasteiger partial charge is 0.244 e. The SMILES string of the molecule is N[C@H](C(=O)N1CC[C@H](O)C1)c1ccc(O)cc1. The molecule has 1 aliphatic rings. The molecular formula is C12H16N2O3. The number of rotatable bonds is 2. The van der Waals surface area contributed by atoms with E-state index in [4.69, 9.17) is 10.8 Å². The fraction of sp³-hybridized carbons (Fsp3) is 0.417. The van der Waals surface area contributed by atoms with Gasteiger partial charge in [0.25, 0.3) is 0 Å². The highest BCUT2D eigenvalue weighted by Gasteiger charge is 2.28.